The fourth-order valence-corrected chi connectivity index (χ4v) is 4.43. The summed E-state index contributed by atoms with van der Waals surface area (Å²) in [5.74, 6) is -5.34. The molecule has 188 valence electrons. The van der Waals surface area contributed by atoms with E-state index in [0.29, 0.717) is 10.5 Å². The lowest BCUT2D eigenvalue weighted by atomic mass is 9.95. The summed E-state index contributed by atoms with van der Waals surface area (Å²) in [5.41, 5.74) is -2.79. The molecule has 0 aliphatic carbocycles. The summed E-state index contributed by atoms with van der Waals surface area (Å²) in [6, 6.07) is 0.250. The zero-order valence-electron chi connectivity index (χ0n) is 18.3. The number of nitrogens with zero attached hydrogens (tertiary/aromatic N) is 2. The van der Waals surface area contributed by atoms with Gasteiger partial charge in [0.15, 0.2) is 11.4 Å². The Kier molecular flexibility index (Phi) is 6.30. The fraction of sp³-hybridized carbons (Fsp3) is 0.409. The number of nitrogens with one attached hydrogen (secondary N) is 1. The Morgan fingerprint density at radius 2 is 1.86 bits per heavy atom. The molecule has 2 aromatic rings. The number of ether oxygens (including phenoxy) is 1. The maximum Gasteiger partial charge on any atom is 0.406 e. The molecule has 2 N–H and O–H groups in total. The van der Waals surface area contributed by atoms with Crippen LogP contribution in [-0.2, 0) is 11.3 Å². The number of halogens is 5. The first kappa shape index (κ1) is 24.6. The molecule has 0 spiro atoms. The number of fused-ring (bicyclic) bond motifs is 3. The van der Waals surface area contributed by atoms with Crippen LogP contribution in [0.1, 0.15) is 44.4 Å². The smallest absolute Gasteiger partial charge is 0.406 e. The van der Waals surface area contributed by atoms with Gasteiger partial charge >= 0.3 is 6.18 Å². The molecule has 0 radical (unpaired) electrons. The summed E-state index contributed by atoms with van der Waals surface area (Å²) in [6.07, 6.45) is -3.72. The molecule has 2 amide bonds. The third-order valence-electron chi connectivity index (χ3n) is 6.03. The molecule has 0 saturated carbocycles. The van der Waals surface area contributed by atoms with Gasteiger partial charge in [-0.2, -0.15) is 13.2 Å². The normalized spacial score (nSPS) is 19.8. The topological polar surface area (TPSA) is 101 Å². The van der Waals surface area contributed by atoms with Crippen LogP contribution in [0.15, 0.2) is 23.1 Å². The SMILES string of the molecule is Cc1cc(F)c(CNC(=O)c2cn3c(c(O)c2=O)C(=O)N(CC(F)(F)F)[C@@H]2CCOC[C@H]23)c(F)c1. The molecule has 0 bridgehead atoms. The van der Waals surface area contributed by atoms with E-state index >= 15 is 0 Å². The van der Waals surface area contributed by atoms with Crippen LogP contribution in [0.25, 0.3) is 0 Å². The maximum atomic E-state index is 14.1. The average Bonchev–Trinajstić information content (AvgIpc) is 2.76. The minimum Gasteiger partial charge on any atom is -0.503 e. The zero-order chi connectivity index (χ0) is 25.7. The quantitative estimate of drug-likeness (QED) is 0.627. The number of alkyl halides is 3. The number of carbonyl (C=O) groups excluding carboxylic acids is 2. The summed E-state index contributed by atoms with van der Waals surface area (Å²) in [7, 11) is 0. The summed E-state index contributed by atoms with van der Waals surface area (Å²) >= 11 is 0. The van der Waals surface area contributed by atoms with E-state index in [2.05, 4.69) is 5.32 Å². The zero-order valence-corrected chi connectivity index (χ0v) is 18.3. The predicted molar refractivity (Wildman–Crippen MR) is 110 cm³/mol. The lowest BCUT2D eigenvalue weighted by Crippen LogP contribution is -2.57. The van der Waals surface area contributed by atoms with Crippen LogP contribution in [0, 0.1) is 18.6 Å². The van der Waals surface area contributed by atoms with Crippen molar-refractivity contribution in [2.24, 2.45) is 0 Å². The Labute approximate surface area is 194 Å². The molecule has 1 aromatic heterocycles. The first-order valence-electron chi connectivity index (χ1n) is 10.6. The summed E-state index contributed by atoms with van der Waals surface area (Å²) in [5, 5.41) is 12.6. The highest BCUT2D eigenvalue weighted by Gasteiger charge is 2.47. The monoisotopic (exact) mass is 501 g/mol. The van der Waals surface area contributed by atoms with E-state index in [-0.39, 0.29) is 19.6 Å². The van der Waals surface area contributed by atoms with Gasteiger partial charge < -0.3 is 24.6 Å². The van der Waals surface area contributed by atoms with Gasteiger partial charge in [-0.05, 0) is 31.0 Å². The second-order valence-corrected chi connectivity index (χ2v) is 8.41. The first-order chi connectivity index (χ1) is 16.4. The van der Waals surface area contributed by atoms with Crippen LogP contribution in [0.3, 0.4) is 0 Å². The number of amides is 2. The van der Waals surface area contributed by atoms with Crippen molar-refractivity contribution in [3.05, 3.63) is 62.6 Å². The Morgan fingerprint density at radius 1 is 1.20 bits per heavy atom. The lowest BCUT2D eigenvalue weighted by Gasteiger charge is -2.45. The second kappa shape index (κ2) is 8.95. The molecule has 2 atom stereocenters. The summed E-state index contributed by atoms with van der Waals surface area (Å²) in [4.78, 5) is 38.8. The van der Waals surface area contributed by atoms with E-state index < -0.39 is 82.8 Å². The van der Waals surface area contributed by atoms with Crippen LogP contribution in [0.2, 0.25) is 0 Å². The van der Waals surface area contributed by atoms with Crippen LogP contribution < -0.4 is 10.7 Å². The number of aromatic nitrogens is 1. The van der Waals surface area contributed by atoms with E-state index in [1.165, 1.54) is 6.92 Å². The summed E-state index contributed by atoms with van der Waals surface area (Å²) < 4.78 is 74.0. The highest BCUT2D eigenvalue weighted by atomic mass is 19.4. The highest BCUT2D eigenvalue weighted by Crippen LogP contribution is 2.36. The Bertz CT molecular complexity index is 1240. The van der Waals surface area contributed by atoms with E-state index in [1.807, 2.05) is 0 Å². The van der Waals surface area contributed by atoms with Crippen molar-refractivity contribution in [3.63, 3.8) is 0 Å². The van der Waals surface area contributed by atoms with Crippen molar-refractivity contribution in [1.29, 1.82) is 0 Å². The van der Waals surface area contributed by atoms with Gasteiger partial charge in [-0.15, -0.1) is 0 Å². The molecule has 0 unspecified atom stereocenters. The van der Waals surface area contributed by atoms with Gasteiger partial charge in [-0.1, -0.05) is 0 Å². The van der Waals surface area contributed by atoms with Crippen molar-refractivity contribution >= 4 is 11.8 Å². The van der Waals surface area contributed by atoms with Crippen LogP contribution in [-0.4, -0.2) is 58.4 Å². The lowest BCUT2D eigenvalue weighted by molar-refractivity contribution is -0.152. The van der Waals surface area contributed by atoms with Gasteiger partial charge in [-0.3, -0.25) is 14.4 Å². The number of hydrogen-bond donors (Lipinski definition) is 2. The fourth-order valence-electron chi connectivity index (χ4n) is 4.43. The number of carbonyl (C=O) groups is 2. The van der Waals surface area contributed by atoms with Crippen molar-refractivity contribution < 1.29 is 41.4 Å². The van der Waals surface area contributed by atoms with E-state index in [9.17, 15) is 41.4 Å². The first-order valence-corrected chi connectivity index (χ1v) is 10.6. The molecule has 4 rings (SSSR count). The molecule has 13 heteroatoms. The number of benzene rings is 1. The van der Waals surface area contributed by atoms with Gasteiger partial charge in [0.25, 0.3) is 11.8 Å². The number of pyridine rings is 1. The largest absolute Gasteiger partial charge is 0.503 e. The average molecular weight is 501 g/mol. The molecule has 1 saturated heterocycles. The molecule has 1 aromatic carbocycles. The van der Waals surface area contributed by atoms with Crippen molar-refractivity contribution in [2.75, 3.05) is 19.8 Å². The minimum atomic E-state index is -4.73. The number of aromatic hydroxyl groups is 1. The molecular formula is C22H20F5N3O5. The Balaban J connectivity index is 1.70. The summed E-state index contributed by atoms with van der Waals surface area (Å²) in [6.45, 7) is -0.777. The van der Waals surface area contributed by atoms with Gasteiger partial charge in [0, 0.05) is 24.9 Å². The molecule has 35 heavy (non-hydrogen) atoms. The van der Waals surface area contributed by atoms with Crippen molar-refractivity contribution in [3.8, 4) is 5.75 Å². The molecule has 1 fully saturated rings. The molecule has 8 nitrogen and oxygen atoms in total. The van der Waals surface area contributed by atoms with Gasteiger partial charge in [0.05, 0.1) is 18.7 Å². The van der Waals surface area contributed by atoms with Gasteiger partial charge in [0.1, 0.15) is 23.7 Å². The molecule has 2 aliphatic rings. The minimum absolute atomic E-state index is 0.0618. The third-order valence-corrected chi connectivity index (χ3v) is 6.03. The molecule has 2 aliphatic heterocycles. The molecule has 3 heterocycles. The van der Waals surface area contributed by atoms with Crippen LogP contribution in [0.5, 0.6) is 5.75 Å². The number of aryl methyl sites for hydroxylation is 1. The Morgan fingerprint density at radius 3 is 2.49 bits per heavy atom. The third kappa shape index (κ3) is 4.59. The van der Waals surface area contributed by atoms with E-state index in [0.717, 1.165) is 22.9 Å². The maximum absolute atomic E-state index is 14.1. The number of rotatable bonds is 4. The van der Waals surface area contributed by atoms with Gasteiger partial charge in [-0.25, -0.2) is 8.78 Å². The van der Waals surface area contributed by atoms with E-state index in [4.69, 9.17) is 4.74 Å². The van der Waals surface area contributed by atoms with Crippen LogP contribution >= 0.6 is 0 Å². The van der Waals surface area contributed by atoms with Crippen molar-refractivity contribution in [2.45, 2.75) is 38.1 Å². The Hall–Kier alpha value is -3.48. The molecular weight excluding hydrogens is 481 g/mol. The van der Waals surface area contributed by atoms with Gasteiger partial charge in [0.2, 0.25) is 5.43 Å². The predicted octanol–water partition coefficient (Wildman–Crippen LogP) is 2.42. The van der Waals surface area contributed by atoms with Crippen molar-refractivity contribution in [1.82, 2.24) is 14.8 Å². The second-order valence-electron chi connectivity index (χ2n) is 8.41. The number of hydrogen-bond acceptors (Lipinski definition) is 5. The van der Waals surface area contributed by atoms with Crippen LogP contribution in [0.4, 0.5) is 22.0 Å². The highest BCUT2D eigenvalue weighted by molar-refractivity contribution is 5.99. The van der Waals surface area contributed by atoms with E-state index in [1.54, 1.807) is 0 Å². The standard InChI is InChI=1S/C22H20F5N3O5/c1-10-4-13(23)11(14(24)5-10)6-28-20(33)12-7-29-16-8-35-3-2-15(16)30(9-22(25,26)27)21(34)17(29)19(32)18(12)31/h4-5,7,15-16,32H,2-3,6,8-9H2,1H3,(H,28,33)/t15-,16-/m1/s1.